The fraction of sp³-hybridized carbons (Fsp3) is 0.615. The lowest BCUT2D eigenvalue weighted by Crippen LogP contribution is -2.36. The molecule has 19 heavy (non-hydrogen) atoms. The lowest BCUT2D eigenvalue weighted by atomic mass is 10.1. The summed E-state index contributed by atoms with van der Waals surface area (Å²) in [5, 5.41) is 1.26. The number of carbonyl (C=O) groups excluding carboxylic acids is 1. The molecule has 2 heterocycles. The SMILES string of the molecule is Cc1cncc(C2CCON2C(=O)OC(C)(C)C)n1. The Morgan fingerprint density at radius 2 is 2.21 bits per heavy atom. The minimum Gasteiger partial charge on any atom is -0.442 e. The zero-order chi connectivity index (χ0) is 14.0. The molecule has 1 aromatic rings. The highest BCUT2D eigenvalue weighted by molar-refractivity contribution is 5.67. The van der Waals surface area contributed by atoms with Gasteiger partial charge in [0.2, 0.25) is 0 Å². The molecule has 0 radical (unpaired) electrons. The fourth-order valence-corrected chi connectivity index (χ4v) is 1.87. The second kappa shape index (κ2) is 5.13. The Hall–Kier alpha value is -1.69. The highest BCUT2D eigenvalue weighted by Gasteiger charge is 2.35. The third-order valence-electron chi connectivity index (χ3n) is 2.59. The van der Waals surface area contributed by atoms with Crippen molar-refractivity contribution in [2.24, 2.45) is 0 Å². The zero-order valence-electron chi connectivity index (χ0n) is 11.7. The van der Waals surface area contributed by atoms with Gasteiger partial charge in [0, 0.05) is 12.6 Å². The van der Waals surface area contributed by atoms with Crippen molar-refractivity contribution in [3.63, 3.8) is 0 Å². The Kier molecular flexibility index (Phi) is 3.71. The molecule has 0 spiro atoms. The number of nitrogens with zero attached hydrogens (tertiary/aromatic N) is 3. The Morgan fingerprint density at radius 1 is 1.47 bits per heavy atom. The van der Waals surface area contributed by atoms with Gasteiger partial charge in [0.1, 0.15) is 11.6 Å². The predicted molar refractivity (Wildman–Crippen MR) is 68.2 cm³/mol. The van der Waals surface area contributed by atoms with E-state index in [4.69, 9.17) is 9.57 Å². The van der Waals surface area contributed by atoms with Crippen molar-refractivity contribution in [2.45, 2.75) is 45.8 Å². The second-order valence-electron chi connectivity index (χ2n) is 5.53. The van der Waals surface area contributed by atoms with Gasteiger partial charge < -0.3 is 4.74 Å². The Balaban J connectivity index is 2.15. The van der Waals surface area contributed by atoms with Crippen LogP contribution in [0.3, 0.4) is 0 Å². The molecule has 0 N–H and O–H groups in total. The van der Waals surface area contributed by atoms with Gasteiger partial charge in [0.25, 0.3) is 0 Å². The molecule has 6 heteroatoms. The number of hydrogen-bond acceptors (Lipinski definition) is 5. The van der Waals surface area contributed by atoms with E-state index in [1.54, 1.807) is 12.4 Å². The number of ether oxygens (including phenoxy) is 1. The van der Waals surface area contributed by atoms with Crippen LogP contribution < -0.4 is 0 Å². The molecule has 2 rings (SSSR count). The molecule has 104 valence electrons. The molecule has 1 saturated heterocycles. The predicted octanol–water partition coefficient (Wildman–Crippen LogP) is 2.40. The molecule has 1 amide bonds. The van der Waals surface area contributed by atoms with E-state index in [2.05, 4.69) is 9.97 Å². The zero-order valence-corrected chi connectivity index (χ0v) is 11.7. The third-order valence-corrected chi connectivity index (χ3v) is 2.59. The summed E-state index contributed by atoms with van der Waals surface area (Å²) in [4.78, 5) is 25.9. The van der Waals surface area contributed by atoms with E-state index in [1.165, 1.54) is 5.06 Å². The molecule has 1 unspecified atom stereocenters. The highest BCUT2D eigenvalue weighted by atomic mass is 16.7. The van der Waals surface area contributed by atoms with Gasteiger partial charge in [-0.1, -0.05) is 0 Å². The van der Waals surface area contributed by atoms with Gasteiger partial charge in [-0.05, 0) is 27.7 Å². The van der Waals surface area contributed by atoms with Gasteiger partial charge >= 0.3 is 6.09 Å². The number of hydroxylamine groups is 2. The van der Waals surface area contributed by atoms with Crippen molar-refractivity contribution in [3.05, 3.63) is 23.8 Å². The summed E-state index contributed by atoms with van der Waals surface area (Å²) in [5.74, 6) is 0. The molecular formula is C13H19N3O3. The molecular weight excluding hydrogens is 246 g/mol. The summed E-state index contributed by atoms with van der Waals surface area (Å²) < 4.78 is 5.32. The number of aryl methyl sites for hydroxylation is 1. The summed E-state index contributed by atoms with van der Waals surface area (Å²) in [6, 6.07) is -0.234. The van der Waals surface area contributed by atoms with Crippen molar-refractivity contribution in [1.82, 2.24) is 15.0 Å². The van der Waals surface area contributed by atoms with Crippen LogP contribution in [0.5, 0.6) is 0 Å². The van der Waals surface area contributed by atoms with Gasteiger partial charge in [0.15, 0.2) is 0 Å². The minimum absolute atomic E-state index is 0.234. The van der Waals surface area contributed by atoms with Gasteiger partial charge in [-0.25, -0.2) is 4.79 Å². The number of hydrogen-bond donors (Lipinski definition) is 0. The normalized spacial score (nSPS) is 19.6. The fourth-order valence-electron chi connectivity index (χ4n) is 1.87. The monoisotopic (exact) mass is 265 g/mol. The Morgan fingerprint density at radius 3 is 2.84 bits per heavy atom. The summed E-state index contributed by atoms with van der Waals surface area (Å²) in [7, 11) is 0. The van der Waals surface area contributed by atoms with Crippen LogP contribution in [0, 0.1) is 6.92 Å². The summed E-state index contributed by atoms with van der Waals surface area (Å²) >= 11 is 0. The Labute approximate surface area is 112 Å². The van der Waals surface area contributed by atoms with Crippen LogP contribution >= 0.6 is 0 Å². The van der Waals surface area contributed by atoms with Crippen molar-refractivity contribution in [3.8, 4) is 0 Å². The lowest BCUT2D eigenvalue weighted by molar-refractivity contribution is -0.125. The first kappa shape index (κ1) is 13.7. The van der Waals surface area contributed by atoms with E-state index >= 15 is 0 Å². The average molecular weight is 265 g/mol. The molecule has 6 nitrogen and oxygen atoms in total. The number of aromatic nitrogens is 2. The minimum atomic E-state index is -0.550. The summed E-state index contributed by atoms with van der Waals surface area (Å²) in [6.07, 6.45) is 3.54. The largest absolute Gasteiger partial charge is 0.442 e. The maximum absolute atomic E-state index is 12.1. The van der Waals surface area contributed by atoms with Crippen molar-refractivity contribution < 1.29 is 14.4 Å². The van der Waals surface area contributed by atoms with E-state index in [0.29, 0.717) is 13.0 Å². The molecule has 1 atom stereocenters. The molecule has 1 aliphatic heterocycles. The van der Waals surface area contributed by atoms with Crippen LogP contribution in [0.25, 0.3) is 0 Å². The molecule has 0 aliphatic carbocycles. The van der Waals surface area contributed by atoms with Crippen molar-refractivity contribution >= 4 is 6.09 Å². The quantitative estimate of drug-likeness (QED) is 0.780. The molecule has 0 aromatic carbocycles. The van der Waals surface area contributed by atoms with E-state index in [0.717, 1.165) is 11.4 Å². The molecule has 0 saturated carbocycles. The van der Waals surface area contributed by atoms with E-state index < -0.39 is 11.7 Å². The number of rotatable bonds is 1. The van der Waals surface area contributed by atoms with Crippen molar-refractivity contribution in [1.29, 1.82) is 0 Å². The Bertz CT molecular complexity index is 470. The number of amides is 1. The smallest absolute Gasteiger partial charge is 0.435 e. The van der Waals surface area contributed by atoms with Crippen LogP contribution in [0.4, 0.5) is 4.79 Å². The average Bonchev–Trinajstić information content (AvgIpc) is 2.75. The molecule has 1 fully saturated rings. The van der Waals surface area contributed by atoms with Crippen LogP contribution in [0.2, 0.25) is 0 Å². The first-order valence-electron chi connectivity index (χ1n) is 6.30. The van der Waals surface area contributed by atoms with Gasteiger partial charge in [-0.2, -0.15) is 5.06 Å². The van der Waals surface area contributed by atoms with E-state index in [-0.39, 0.29) is 6.04 Å². The van der Waals surface area contributed by atoms with Gasteiger partial charge in [-0.3, -0.25) is 14.8 Å². The van der Waals surface area contributed by atoms with Crippen LogP contribution in [0.15, 0.2) is 12.4 Å². The van der Waals surface area contributed by atoms with Crippen LogP contribution in [-0.2, 0) is 9.57 Å². The molecule has 1 aliphatic rings. The van der Waals surface area contributed by atoms with E-state index in [1.807, 2.05) is 27.7 Å². The maximum atomic E-state index is 12.1. The summed E-state index contributed by atoms with van der Waals surface area (Å²) in [5.41, 5.74) is 0.989. The van der Waals surface area contributed by atoms with Crippen LogP contribution in [-0.4, -0.2) is 33.3 Å². The van der Waals surface area contributed by atoms with Crippen LogP contribution in [0.1, 0.15) is 44.6 Å². The van der Waals surface area contributed by atoms with Gasteiger partial charge in [-0.15, -0.1) is 0 Å². The van der Waals surface area contributed by atoms with Gasteiger partial charge in [0.05, 0.1) is 24.2 Å². The molecule has 1 aromatic heterocycles. The maximum Gasteiger partial charge on any atom is 0.435 e. The first-order chi connectivity index (χ1) is 8.87. The number of carbonyl (C=O) groups is 1. The topological polar surface area (TPSA) is 64.5 Å². The second-order valence-corrected chi connectivity index (χ2v) is 5.53. The first-order valence-corrected chi connectivity index (χ1v) is 6.30. The third kappa shape index (κ3) is 3.41. The standard InChI is InChI=1S/C13H19N3O3/c1-9-7-14-8-10(15-9)11-5-6-18-16(11)12(17)19-13(2,3)4/h7-8,11H,5-6H2,1-4H3. The highest BCUT2D eigenvalue weighted by Crippen LogP contribution is 2.30. The summed E-state index contributed by atoms with van der Waals surface area (Å²) in [6.45, 7) is 7.80. The van der Waals surface area contributed by atoms with Crippen molar-refractivity contribution in [2.75, 3.05) is 6.61 Å². The van der Waals surface area contributed by atoms with E-state index in [9.17, 15) is 4.79 Å². The lowest BCUT2D eigenvalue weighted by Gasteiger charge is -2.26. The molecule has 0 bridgehead atoms.